The van der Waals surface area contributed by atoms with Gasteiger partial charge < -0.3 is 13.8 Å². The first kappa shape index (κ1) is 15.2. The van der Waals surface area contributed by atoms with E-state index in [0.29, 0.717) is 11.8 Å². The highest BCUT2D eigenvalue weighted by Gasteiger charge is 2.06. The van der Waals surface area contributed by atoms with Crippen LogP contribution >= 0.6 is 0 Å². The first-order valence-corrected chi connectivity index (χ1v) is 5.38. The van der Waals surface area contributed by atoms with Crippen LogP contribution in [0.25, 0.3) is 0 Å². The second-order valence-corrected chi connectivity index (χ2v) is 3.40. The van der Waals surface area contributed by atoms with Gasteiger partial charge >= 0.3 is 0 Å². The van der Waals surface area contributed by atoms with E-state index in [2.05, 4.69) is 41.5 Å². The minimum atomic E-state index is 0.556. The highest BCUT2D eigenvalue weighted by Crippen LogP contribution is 2.15. The molecule has 2 atom stereocenters. The monoisotopic (exact) mass is 182 g/mol. The molecule has 13 heavy (non-hydrogen) atoms. The van der Waals surface area contributed by atoms with Crippen molar-refractivity contribution >= 4 is 0 Å². The molecule has 0 bridgehead atoms. The largest absolute Gasteiger partial charge is 0.343 e. The first-order valence-electron chi connectivity index (χ1n) is 5.38. The molecule has 0 aromatic rings. The van der Waals surface area contributed by atoms with Crippen LogP contribution in [0, 0.1) is 39.5 Å². The van der Waals surface area contributed by atoms with Gasteiger partial charge in [0.1, 0.15) is 0 Å². The molecule has 0 aliphatic heterocycles. The van der Waals surface area contributed by atoms with Crippen molar-refractivity contribution in [3.63, 3.8) is 0 Å². The lowest BCUT2D eigenvalue weighted by Crippen LogP contribution is -2.05. The lowest BCUT2D eigenvalue weighted by atomic mass is 9.92. The summed E-state index contributed by atoms with van der Waals surface area (Å²) in [5, 5.41) is 0. The maximum atomic E-state index is 3.96. The number of unbranched alkanes of at least 4 members (excludes halogenated alkanes) is 2. The van der Waals surface area contributed by atoms with Gasteiger partial charge in [0, 0.05) is 0 Å². The normalized spacial score (nSPS) is 14.2. The molecular weight excluding hydrogens is 156 g/mol. The Morgan fingerprint density at radius 1 is 1.23 bits per heavy atom. The molecule has 0 heterocycles. The molecule has 0 nitrogen and oxygen atoms in total. The fourth-order valence-corrected chi connectivity index (χ4v) is 0.843. The topological polar surface area (TPSA) is 0 Å². The molecule has 78 valence electrons. The van der Waals surface area contributed by atoms with E-state index in [1.54, 1.807) is 0 Å². The maximum absolute atomic E-state index is 3.96. The SMILES string of the molecule is [CH2+]C(CC)C([CH2-])CC.[CH2+]CCC[CH2-]. The molecule has 0 amide bonds. The van der Waals surface area contributed by atoms with Crippen molar-refractivity contribution in [2.24, 2.45) is 11.8 Å². The van der Waals surface area contributed by atoms with Crippen LogP contribution in [0.1, 0.15) is 46.0 Å². The third-order valence-corrected chi connectivity index (χ3v) is 2.22. The molecule has 0 spiro atoms. The first-order chi connectivity index (χ1) is 6.13. The summed E-state index contributed by atoms with van der Waals surface area (Å²) in [5.74, 6) is 1.11. The summed E-state index contributed by atoms with van der Waals surface area (Å²) in [6.45, 7) is 19.5. The fourth-order valence-electron chi connectivity index (χ4n) is 0.843. The average molecular weight is 182 g/mol. The molecule has 0 aromatic heterocycles. The van der Waals surface area contributed by atoms with Gasteiger partial charge in [0.25, 0.3) is 0 Å². The van der Waals surface area contributed by atoms with Crippen molar-refractivity contribution < 1.29 is 0 Å². The Morgan fingerprint density at radius 2 is 1.77 bits per heavy atom. The molecule has 0 aliphatic carbocycles. The van der Waals surface area contributed by atoms with E-state index in [1.807, 2.05) is 0 Å². The summed E-state index contributed by atoms with van der Waals surface area (Å²) < 4.78 is 0. The van der Waals surface area contributed by atoms with Crippen molar-refractivity contribution in [1.82, 2.24) is 0 Å². The Hall–Kier alpha value is -0.260. The second-order valence-electron chi connectivity index (χ2n) is 3.40. The van der Waals surface area contributed by atoms with Crippen molar-refractivity contribution in [2.75, 3.05) is 0 Å². The van der Waals surface area contributed by atoms with E-state index >= 15 is 0 Å². The highest BCUT2D eigenvalue weighted by molar-refractivity contribution is 4.70. The van der Waals surface area contributed by atoms with E-state index in [-0.39, 0.29) is 0 Å². The zero-order chi connectivity index (χ0) is 10.7. The molecule has 0 heteroatoms. The molecule has 2 unspecified atom stereocenters. The molecule has 0 aromatic carbocycles. The Labute approximate surface area is 86.1 Å². The highest BCUT2D eigenvalue weighted by atomic mass is 14.1. The predicted molar refractivity (Wildman–Crippen MR) is 62.8 cm³/mol. The summed E-state index contributed by atoms with van der Waals surface area (Å²) >= 11 is 0. The van der Waals surface area contributed by atoms with Gasteiger partial charge in [-0.25, -0.2) is 0 Å². The van der Waals surface area contributed by atoms with E-state index in [9.17, 15) is 0 Å². The predicted octanol–water partition coefficient (Wildman–Crippen LogP) is 4.53. The molecule has 0 aliphatic rings. The van der Waals surface area contributed by atoms with Gasteiger partial charge in [-0.05, 0) is 12.8 Å². The van der Waals surface area contributed by atoms with Gasteiger partial charge in [0.05, 0.1) is 26.2 Å². The Bertz CT molecular complexity index is 66.1. The molecule has 0 saturated heterocycles. The fraction of sp³-hybridized carbons (Fsp3) is 0.692. The van der Waals surface area contributed by atoms with Crippen LogP contribution in [-0.4, -0.2) is 0 Å². The summed E-state index contributed by atoms with van der Waals surface area (Å²) in [4.78, 5) is 0. The summed E-state index contributed by atoms with van der Waals surface area (Å²) in [6, 6.07) is 0. The minimum absolute atomic E-state index is 0.556. The van der Waals surface area contributed by atoms with Crippen LogP contribution in [0.4, 0.5) is 0 Å². The minimum Gasteiger partial charge on any atom is -0.343 e. The van der Waals surface area contributed by atoms with Crippen LogP contribution < -0.4 is 0 Å². The van der Waals surface area contributed by atoms with Crippen molar-refractivity contribution in [2.45, 2.75) is 46.0 Å². The zero-order valence-corrected chi connectivity index (χ0v) is 9.52. The van der Waals surface area contributed by atoms with Crippen molar-refractivity contribution in [3.8, 4) is 0 Å². The second kappa shape index (κ2) is 11.7. The standard InChI is InChI=1S/C8H16.C5H10/c1-5-7(3)8(4)6-2;1-3-5-4-2/h7-8H,3-6H2,1-2H3;1-5H2. The van der Waals surface area contributed by atoms with Crippen molar-refractivity contribution in [1.29, 1.82) is 0 Å². The van der Waals surface area contributed by atoms with Crippen molar-refractivity contribution in [3.05, 3.63) is 27.7 Å². The average Bonchev–Trinajstić information content (AvgIpc) is 2.17. The number of hydrogen-bond donors (Lipinski definition) is 0. The van der Waals surface area contributed by atoms with Crippen LogP contribution in [0.3, 0.4) is 0 Å². The molecule has 0 fully saturated rings. The van der Waals surface area contributed by atoms with Crippen LogP contribution in [0.15, 0.2) is 0 Å². The van der Waals surface area contributed by atoms with Gasteiger partial charge in [-0.2, -0.15) is 6.42 Å². The van der Waals surface area contributed by atoms with Gasteiger partial charge in [0.2, 0.25) is 0 Å². The summed E-state index contributed by atoms with van der Waals surface area (Å²) in [6.07, 6.45) is 5.54. The molecular formula is C13H26. The quantitative estimate of drug-likeness (QED) is 0.548. The third kappa shape index (κ3) is 11.7. The molecule has 0 rings (SSSR count). The van der Waals surface area contributed by atoms with Crippen LogP contribution in [0.2, 0.25) is 0 Å². The Kier molecular flexibility index (Phi) is 13.7. The zero-order valence-electron chi connectivity index (χ0n) is 9.52. The van der Waals surface area contributed by atoms with Gasteiger partial charge in [-0.15, -0.1) is 5.92 Å². The summed E-state index contributed by atoms with van der Waals surface area (Å²) in [7, 11) is 0. The number of hydrogen-bond acceptors (Lipinski definition) is 0. The Morgan fingerprint density at radius 3 is 1.85 bits per heavy atom. The Balaban J connectivity index is 0. The molecule has 0 radical (unpaired) electrons. The van der Waals surface area contributed by atoms with E-state index < -0.39 is 0 Å². The number of rotatable bonds is 5. The lowest BCUT2D eigenvalue weighted by molar-refractivity contribution is 0.443. The lowest BCUT2D eigenvalue weighted by Gasteiger charge is -2.15. The van der Waals surface area contributed by atoms with E-state index in [0.717, 1.165) is 25.7 Å². The van der Waals surface area contributed by atoms with Crippen LogP contribution in [-0.2, 0) is 0 Å². The van der Waals surface area contributed by atoms with Crippen LogP contribution in [0.5, 0.6) is 0 Å². The van der Waals surface area contributed by atoms with Gasteiger partial charge in [-0.3, -0.25) is 0 Å². The van der Waals surface area contributed by atoms with Gasteiger partial charge in [0.15, 0.2) is 0 Å². The van der Waals surface area contributed by atoms with Gasteiger partial charge in [-0.1, -0.05) is 20.3 Å². The van der Waals surface area contributed by atoms with E-state index in [4.69, 9.17) is 0 Å². The molecule has 0 saturated carbocycles. The maximum Gasteiger partial charge on any atom is 0.0826 e. The van der Waals surface area contributed by atoms with E-state index in [1.165, 1.54) is 6.42 Å². The smallest absolute Gasteiger partial charge is 0.0826 e. The summed E-state index contributed by atoms with van der Waals surface area (Å²) in [5.41, 5.74) is 0. The third-order valence-electron chi connectivity index (χ3n) is 2.22. The molecule has 0 N–H and O–H groups in total.